The third kappa shape index (κ3) is 8.39. The van der Waals surface area contributed by atoms with Crippen molar-refractivity contribution in [1.82, 2.24) is 0 Å². The van der Waals surface area contributed by atoms with Gasteiger partial charge in [-0.15, -0.1) is 0 Å². The van der Waals surface area contributed by atoms with E-state index in [0.717, 1.165) is 55.3 Å². The van der Waals surface area contributed by atoms with Crippen molar-refractivity contribution in [2.24, 2.45) is 46.3 Å². The summed E-state index contributed by atoms with van der Waals surface area (Å²) in [7, 11) is 0. The summed E-state index contributed by atoms with van der Waals surface area (Å²) in [6.45, 7) is 12.3. The van der Waals surface area contributed by atoms with E-state index in [1.807, 2.05) is 0 Å². The molecular weight excluding hydrogens is 681 g/mol. The number of carbonyl (C=O) groups excluding carboxylic acids is 3. The molecule has 3 fully saturated rings. The summed E-state index contributed by atoms with van der Waals surface area (Å²) in [6.07, 6.45) is 15.1. The van der Waals surface area contributed by atoms with E-state index < -0.39 is 41.1 Å². The Morgan fingerprint density at radius 2 is 1.51 bits per heavy atom. The smallest absolute Gasteiger partial charge is 0.343 e. The fourth-order valence-corrected chi connectivity index (χ4v) is 10.8. The zero-order valence-corrected chi connectivity index (χ0v) is 31.9. The molecule has 9 heteroatoms. The van der Waals surface area contributed by atoms with Crippen LogP contribution in [0.1, 0.15) is 128 Å². The van der Waals surface area contributed by atoms with E-state index in [1.165, 1.54) is 74.8 Å². The molecule has 0 N–H and O–H groups in total. The Labute approximate surface area is 312 Å². The van der Waals surface area contributed by atoms with E-state index >= 15 is 0 Å². The molecule has 0 aliphatic heterocycles. The van der Waals surface area contributed by atoms with Gasteiger partial charge in [0.1, 0.15) is 17.6 Å². The minimum absolute atomic E-state index is 0.0115. The van der Waals surface area contributed by atoms with E-state index in [9.17, 15) is 27.6 Å². The van der Waals surface area contributed by atoms with Crippen molar-refractivity contribution in [2.75, 3.05) is 0 Å². The van der Waals surface area contributed by atoms with Gasteiger partial charge in [0.2, 0.25) is 0 Å². The first-order valence-corrected chi connectivity index (χ1v) is 19.7. The highest BCUT2D eigenvalue weighted by Crippen LogP contribution is 2.67. The Balaban J connectivity index is 0.959. The minimum Gasteiger partial charge on any atom is -0.462 e. The highest BCUT2D eigenvalue weighted by atomic mass is 19.2. The van der Waals surface area contributed by atoms with Gasteiger partial charge in [-0.2, -0.15) is 0 Å². The molecule has 288 valence electrons. The van der Waals surface area contributed by atoms with Crippen molar-refractivity contribution in [1.29, 1.82) is 0 Å². The van der Waals surface area contributed by atoms with Gasteiger partial charge in [0, 0.05) is 18.6 Å². The van der Waals surface area contributed by atoms with Gasteiger partial charge in [0.25, 0.3) is 0 Å². The molecule has 0 heterocycles. The number of allylic oxidation sites excluding steroid dienone is 1. The lowest BCUT2D eigenvalue weighted by Gasteiger charge is -2.58. The van der Waals surface area contributed by atoms with Crippen LogP contribution < -0.4 is 9.47 Å². The van der Waals surface area contributed by atoms with Gasteiger partial charge in [0.05, 0.1) is 18.4 Å². The molecular formula is C44H55F3O6. The molecule has 53 heavy (non-hydrogen) atoms. The molecule has 2 aromatic rings. The van der Waals surface area contributed by atoms with Gasteiger partial charge < -0.3 is 14.2 Å². The summed E-state index contributed by atoms with van der Waals surface area (Å²) < 4.78 is 56.2. The summed E-state index contributed by atoms with van der Waals surface area (Å²) in [5, 5.41) is 0. The van der Waals surface area contributed by atoms with Crippen molar-refractivity contribution >= 4 is 17.9 Å². The monoisotopic (exact) mass is 736 g/mol. The first-order valence-electron chi connectivity index (χ1n) is 19.7. The fourth-order valence-electron chi connectivity index (χ4n) is 10.8. The van der Waals surface area contributed by atoms with Gasteiger partial charge in [-0.05, 0) is 116 Å². The summed E-state index contributed by atoms with van der Waals surface area (Å²) in [5.41, 5.74) is 2.06. The number of hydrogen-bond acceptors (Lipinski definition) is 6. The molecule has 0 spiro atoms. The van der Waals surface area contributed by atoms with Crippen molar-refractivity contribution < 1.29 is 41.8 Å². The Morgan fingerprint density at radius 3 is 2.21 bits per heavy atom. The number of fused-ring (bicyclic) bond motifs is 5. The molecule has 4 aliphatic carbocycles. The van der Waals surface area contributed by atoms with Crippen molar-refractivity contribution in [2.45, 2.75) is 124 Å². The number of ether oxygens (including phenoxy) is 3. The molecule has 4 aliphatic rings. The third-order valence-corrected chi connectivity index (χ3v) is 13.6. The van der Waals surface area contributed by atoms with Gasteiger partial charge in [0.15, 0.2) is 17.5 Å². The number of esters is 3. The maximum Gasteiger partial charge on any atom is 0.343 e. The lowest BCUT2D eigenvalue weighted by Crippen LogP contribution is -2.51. The van der Waals surface area contributed by atoms with Gasteiger partial charge in [-0.25, -0.2) is 18.0 Å². The van der Waals surface area contributed by atoms with Crippen molar-refractivity contribution in [3.05, 3.63) is 71.1 Å². The highest BCUT2D eigenvalue weighted by molar-refractivity contribution is 5.91. The van der Waals surface area contributed by atoms with E-state index in [2.05, 4.69) is 40.7 Å². The topological polar surface area (TPSA) is 78.9 Å². The van der Waals surface area contributed by atoms with Crippen LogP contribution in [0.4, 0.5) is 13.2 Å². The normalized spacial score (nSPS) is 29.7. The van der Waals surface area contributed by atoms with Gasteiger partial charge in [-0.3, -0.25) is 9.59 Å². The largest absolute Gasteiger partial charge is 0.462 e. The SMILES string of the molecule is CC(C)CCCC(C)[C@H]1CCC2C3CC=C4C[C@@H](OC(=O)CCC(=O)Oc5ccc(C(=O)Oc6cc(F)c(F)c(F)c6)cc5)CC[C@]4(C)C3CC[C@@]21C. The van der Waals surface area contributed by atoms with Crippen LogP contribution in [0.15, 0.2) is 48.0 Å². The highest BCUT2D eigenvalue weighted by Gasteiger charge is 2.59. The summed E-state index contributed by atoms with van der Waals surface area (Å²) in [5.74, 6) is -2.36. The Hall–Kier alpha value is -3.62. The number of carbonyl (C=O) groups is 3. The third-order valence-electron chi connectivity index (χ3n) is 13.6. The standard InChI is InChI=1S/C44H55F3O6/c1-26(2)7-6-8-27(3)34-15-16-35-33-14-11-29-23-31(19-21-43(29,4)36(33)20-22-44(34,35)5)52-40(49)18-17-39(48)51-30-12-9-28(10-13-30)42(50)53-32-24-37(45)41(47)38(46)25-32/h9-13,24-27,31,33-36H,6-8,14-23H2,1-5H3/t27?,31-,33?,34+,35?,36?,43-,44+/m0/s1. The Bertz CT molecular complexity index is 1680. The zero-order chi connectivity index (χ0) is 38.1. The average molecular weight is 737 g/mol. The molecule has 6 rings (SSSR count). The van der Waals surface area contributed by atoms with E-state index in [1.54, 1.807) is 0 Å². The fraction of sp³-hybridized carbons (Fsp3) is 0.614. The second-order valence-corrected chi connectivity index (χ2v) is 17.2. The van der Waals surface area contributed by atoms with Gasteiger partial charge in [-0.1, -0.05) is 65.5 Å². The first-order chi connectivity index (χ1) is 25.2. The summed E-state index contributed by atoms with van der Waals surface area (Å²) >= 11 is 0. The molecule has 3 saturated carbocycles. The second-order valence-electron chi connectivity index (χ2n) is 17.2. The molecule has 0 radical (unpaired) electrons. The molecule has 0 bridgehead atoms. The predicted octanol–water partition coefficient (Wildman–Crippen LogP) is 11.0. The average Bonchev–Trinajstić information content (AvgIpc) is 3.47. The maximum absolute atomic E-state index is 13.4. The number of rotatable bonds is 12. The Kier molecular flexibility index (Phi) is 11.8. The zero-order valence-electron chi connectivity index (χ0n) is 31.9. The molecule has 0 aromatic heterocycles. The predicted molar refractivity (Wildman–Crippen MR) is 196 cm³/mol. The number of hydrogen-bond donors (Lipinski definition) is 0. The quantitative estimate of drug-likeness (QED) is 0.0934. The second kappa shape index (κ2) is 16.0. The minimum atomic E-state index is -1.67. The van der Waals surface area contributed by atoms with Crippen LogP contribution in [-0.2, 0) is 14.3 Å². The van der Waals surface area contributed by atoms with Gasteiger partial charge >= 0.3 is 17.9 Å². The molecule has 4 unspecified atom stereocenters. The van der Waals surface area contributed by atoms with Crippen LogP contribution in [0.25, 0.3) is 0 Å². The molecule has 0 saturated heterocycles. The maximum atomic E-state index is 13.4. The van der Waals surface area contributed by atoms with Crippen LogP contribution in [0.3, 0.4) is 0 Å². The van der Waals surface area contributed by atoms with Crippen LogP contribution in [0, 0.1) is 63.8 Å². The van der Waals surface area contributed by atoms with E-state index in [-0.39, 0.29) is 35.7 Å². The van der Waals surface area contributed by atoms with Crippen LogP contribution in [-0.4, -0.2) is 24.0 Å². The van der Waals surface area contributed by atoms with Crippen molar-refractivity contribution in [3.63, 3.8) is 0 Å². The number of benzene rings is 2. The molecule has 2 aromatic carbocycles. The molecule has 8 atom stereocenters. The first kappa shape index (κ1) is 39.1. The van der Waals surface area contributed by atoms with E-state index in [0.29, 0.717) is 23.5 Å². The van der Waals surface area contributed by atoms with Crippen LogP contribution in [0.2, 0.25) is 0 Å². The molecule has 0 amide bonds. The lowest BCUT2D eigenvalue weighted by atomic mass is 9.47. The van der Waals surface area contributed by atoms with Crippen LogP contribution >= 0.6 is 0 Å². The van der Waals surface area contributed by atoms with Crippen LogP contribution in [0.5, 0.6) is 11.5 Å². The number of halogens is 3. The van der Waals surface area contributed by atoms with E-state index in [4.69, 9.17) is 14.2 Å². The summed E-state index contributed by atoms with van der Waals surface area (Å²) in [4.78, 5) is 37.7. The lowest BCUT2D eigenvalue weighted by molar-refractivity contribution is -0.153. The Morgan fingerprint density at radius 1 is 0.811 bits per heavy atom. The summed E-state index contributed by atoms with van der Waals surface area (Å²) in [6, 6.07) is 6.45. The van der Waals surface area contributed by atoms with Crippen molar-refractivity contribution in [3.8, 4) is 11.5 Å². The molecule has 6 nitrogen and oxygen atoms in total.